The molecule has 2 nitrogen and oxygen atoms in total. The second-order valence-electron chi connectivity index (χ2n) is 3.24. The quantitative estimate of drug-likeness (QED) is 0.598. The van der Waals surface area contributed by atoms with E-state index in [0.29, 0.717) is 5.56 Å². The lowest BCUT2D eigenvalue weighted by atomic mass is 10.1. The molecule has 0 saturated heterocycles. The molecule has 0 radical (unpaired) electrons. The van der Waals surface area contributed by atoms with E-state index in [0.717, 1.165) is 0 Å². The van der Waals surface area contributed by atoms with Crippen molar-refractivity contribution in [1.29, 1.82) is 0 Å². The van der Waals surface area contributed by atoms with Crippen LogP contribution in [0.5, 0.6) is 0 Å². The first kappa shape index (κ1) is 13.2. The van der Waals surface area contributed by atoms with E-state index >= 15 is 0 Å². The van der Waals surface area contributed by atoms with Gasteiger partial charge in [0.2, 0.25) is 0 Å². The molecule has 1 aromatic rings. The Morgan fingerprint density at radius 3 is 2.41 bits per heavy atom. The van der Waals surface area contributed by atoms with Gasteiger partial charge in [-0.3, -0.25) is 5.32 Å². The molecule has 0 aliphatic heterocycles. The summed E-state index contributed by atoms with van der Waals surface area (Å²) in [6.07, 6.45) is 3.78. The minimum Gasteiger partial charge on any atom is -0.369 e. The Labute approximate surface area is 98.7 Å². The third-order valence-electron chi connectivity index (χ3n) is 2.07. The van der Waals surface area contributed by atoms with Crippen molar-refractivity contribution in [3.63, 3.8) is 0 Å². The van der Waals surface area contributed by atoms with Crippen LogP contribution in [0.3, 0.4) is 0 Å². The first-order valence-corrected chi connectivity index (χ1v) is 4.82. The van der Waals surface area contributed by atoms with Crippen LogP contribution in [0.1, 0.15) is 11.1 Å². The van der Waals surface area contributed by atoms with Crippen LogP contribution in [-0.2, 0) is 6.05 Å². The summed E-state index contributed by atoms with van der Waals surface area (Å²) >= 11 is 0. The van der Waals surface area contributed by atoms with Crippen LogP contribution < -0.4 is 5.32 Å². The van der Waals surface area contributed by atoms with Gasteiger partial charge in [-0.2, -0.15) is 8.78 Å². The van der Waals surface area contributed by atoms with Crippen LogP contribution >= 0.6 is 0 Å². The number of hydrogen-bond donors (Lipinski definition) is 2. The highest BCUT2D eigenvalue weighted by Crippen LogP contribution is 2.23. The second kappa shape index (κ2) is 5.45. The molecule has 1 aromatic carbocycles. The number of terminal acetylenes is 1. The fourth-order valence-corrected chi connectivity index (χ4v) is 1.10. The van der Waals surface area contributed by atoms with E-state index in [1.807, 2.05) is 11.2 Å². The maximum Gasteiger partial charge on any atom is 0.329 e. The topological polar surface area (TPSA) is 32.3 Å². The molecule has 1 unspecified atom stereocenters. The van der Waals surface area contributed by atoms with Gasteiger partial charge in [0.15, 0.2) is 6.10 Å². The number of aliphatic hydroxyl groups excluding tert-OH is 1. The summed E-state index contributed by atoms with van der Waals surface area (Å²) < 4.78 is 26.3. The number of rotatable bonds is 2. The van der Waals surface area contributed by atoms with Crippen molar-refractivity contribution >= 4 is 0 Å². The van der Waals surface area contributed by atoms with Gasteiger partial charge in [-0.25, -0.2) is 0 Å². The molecule has 17 heavy (non-hydrogen) atoms. The maximum atomic E-state index is 13.2. The van der Waals surface area contributed by atoms with Crippen LogP contribution in [0, 0.1) is 24.2 Å². The molecule has 0 spiro atoms. The minimum atomic E-state index is -3.07. The Bertz CT molecular complexity index is 477. The molecule has 1 atom stereocenters. The van der Waals surface area contributed by atoms with Crippen LogP contribution in [0.25, 0.3) is 0 Å². The molecule has 0 aliphatic rings. The van der Waals surface area contributed by atoms with Crippen LogP contribution in [0.4, 0.5) is 8.78 Å². The minimum absolute atomic E-state index is 0.150. The fourth-order valence-electron chi connectivity index (χ4n) is 1.10. The Hall–Kier alpha value is -1.88. The first-order chi connectivity index (χ1) is 7.99. The standard InChI is InChI=1S/C13H11F2NO/c1-3-12(17)9-6-10-4-7-11(8-5-10)13(14,15)16-2/h1,4-5,7-8,12,16-17H,2H3. The summed E-state index contributed by atoms with van der Waals surface area (Å²) in [6, 6.07) is 2.35. The van der Waals surface area contributed by atoms with Gasteiger partial charge in [0.25, 0.3) is 0 Å². The highest BCUT2D eigenvalue weighted by Gasteiger charge is 2.28. The van der Waals surface area contributed by atoms with Gasteiger partial charge in [-0.05, 0) is 19.2 Å². The summed E-state index contributed by atoms with van der Waals surface area (Å²) in [5.41, 5.74) is 0.359. The fraction of sp³-hybridized carbons (Fsp3) is 0.231. The lowest BCUT2D eigenvalue weighted by Crippen LogP contribution is -2.29. The van der Waals surface area contributed by atoms with Gasteiger partial charge < -0.3 is 5.11 Å². The zero-order valence-electron chi connectivity index (χ0n) is 9.17. The number of halogens is 2. The predicted octanol–water partition coefficient (Wildman–Crippen LogP) is 1.30. The molecule has 0 saturated carbocycles. The third kappa shape index (κ3) is 3.57. The van der Waals surface area contributed by atoms with Crippen LogP contribution in [0.2, 0.25) is 0 Å². The van der Waals surface area contributed by atoms with Crippen molar-refractivity contribution in [1.82, 2.24) is 5.32 Å². The Morgan fingerprint density at radius 2 is 1.94 bits per heavy atom. The maximum absolute atomic E-state index is 13.2. The van der Waals surface area contributed by atoms with E-state index in [2.05, 4.69) is 11.8 Å². The SMILES string of the molecule is C#CC(O)C#Cc1ccc(C(F)(F)NC)cc1. The molecule has 88 valence electrons. The smallest absolute Gasteiger partial charge is 0.329 e. The molecule has 0 fully saturated rings. The van der Waals surface area contributed by atoms with Gasteiger partial charge in [0.05, 0.1) is 0 Å². The van der Waals surface area contributed by atoms with E-state index in [1.54, 1.807) is 0 Å². The van der Waals surface area contributed by atoms with Gasteiger partial charge in [0, 0.05) is 11.1 Å². The molecule has 0 heterocycles. The molecular formula is C13H11F2NO. The van der Waals surface area contributed by atoms with Gasteiger partial charge in [0.1, 0.15) is 0 Å². The number of nitrogens with one attached hydrogen (secondary N) is 1. The van der Waals surface area contributed by atoms with E-state index in [1.165, 1.54) is 31.3 Å². The van der Waals surface area contributed by atoms with Crippen molar-refractivity contribution in [3.8, 4) is 24.2 Å². The molecule has 2 N–H and O–H groups in total. The van der Waals surface area contributed by atoms with Crippen molar-refractivity contribution in [2.24, 2.45) is 0 Å². The van der Waals surface area contributed by atoms with Crippen molar-refractivity contribution in [2.75, 3.05) is 7.05 Å². The summed E-state index contributed by atoms with van der Waals surface area (Å²) in [5, 5.41) is 10.9. The number of hydrogen-bond acceptors (Lipinski definition) is 2. The summed E-state index contributed by atoms with van der Waals surface area (Å²) in [4.78, 5) is 0. The highest BCUT2D eigenvalue weighted by atomic mass is 19.3. The third-order valence-corrected chi connectivity index (χ3v) is 2.07. The molecule has 0 amide bonds. The van der Waals surface area contributed by atoms with Crippen molar-refractivity contribution in [3.05, 3.63) is 35.4 Å². The average molecular weight is 235 g/mol. The molecule has 1 rings (SSSR count). The van der Waals surface area contributed by atoms with Crippen LogP contribution in [-0.4, -0.2) is 18.3 Å². The zero-order valence-corrected chi connectivity index (χ0v) is 9.17. The number of alkyl halides is 2. The zero-order chi connectivity index (χ0) is 12.9. The first-order valence-electron chi connectivity index (χ1n) is 4.82. The van der Waals surface area contributed by atoms with E-state index < -0.39 is 12.2 Å². The van der Waals surface area contributed by atoms with Gasteiger partial charge in [-0.15, -0.1) is 6.42 Å². The van der Waals surface area contributed by atoms with E-state index in [9.17, 15) is 8.78 Å². The lowest BCUT2D eigenvalue weighted by molar-refractivity contribution is -0.0335. The number of aliphatic hydroxyl groups is 1. The molecule has 4 heteroatoms. The van der Waals surface area contributed by atoms with Gasteiger partial charge >= 0.3 is 6.05 Å². The monoisotopic (exact) mass is 235 g/mol. The molecule has 0 aliphatic carbocycles. The Morgan fingerprint density at radius 1 is 1.35 bits per heavy atom. The summed E-state index contributed by atoms with van der Waals surface area (Å²) in [5.74, 6) is 7.00. The van der Waals surface area contributed by atoms with Crippen LogP contribution in [0.15, 0.2) is 24.3 Å². The molecule has 0 bridgehead atoms. The van der Waals surface area contributed by atoms with E-state index in [-0.39, 0.29) is 5.56 Å². The predicted molar refractivity (Wildman–Crippen MR) is 61.1 cm³/mol. The normalized spacial score (nSPS) is 12.2. The highest BCUT2D eigenvalue weighted by molar-refractivity contribution is 5.38. The Kier molecular flexibility index (Phi) is 4.23. The Balaban J connectivity index is 2.89. The second-order valence-corrected chi connectivity index (χ2v) is 3.24. The average Bonchev–Trinajstić information content (AvgIpc) is 2.36. The lowest BCUT2D eigenvalue weighted by Gasteiger charge is -2.14. The van der Waals surface area contributed by atoms with E-state index in [4.69, 9.17) is 11.5 Å². The van der Waals surface area contributed by atoms with Crippen molar-refractivity contribution < 1.29 is 13.9 Å². The van der Waals surface area contributed by atoms with Gasteiger partial charge in [-0.1, -0.05) is 29.9 Å². The van der Waals surface area contributed by atoms with Crippen molar-refractivity contribution in [2.45, 2.75) is 12.2 Å². The largest absolute Gasteiger partial charge is 0.369 e. The molecule has 0 aromatic heterocycles. The number of benzene rings is 1. The molecular weight excluding hydrogens is 224 g/mol. The summed E-state index contributed by atoms with van der Waals surface area (Å²) in [7, 11) is 1.18. The summed E-state index contributed by atoms with van der Waals surface area (Å²) in [6.45, 7) is 0.